The van der Waals surface area contributed by atoms with Crippen LogP contribution in [0.3, 0.4) is 0 Å². The number of hydrogen-bond donors (Lipinski definition) is 1. The minimum absolute atomic E-state index is 0.0811. The SMILES string of the molecule is COc1cc(OC)cc(C(=O)N2CSCC2C(=O)NCCN2CCCC2)c1. The molecule has 3 rings (SSSR count). The van der Waals surface area contributed by atoms with Gasteiger partial charge in [-0.15, -0.1) is 11.8 Å². The third kappa shape index (κ3) is 4.87. The third-order valence-electron chi connectivity index (χ3n) is 4.97. The van der Waals surface area contributed by atoms with Crippen LogP contribution in [0.2, 0.25) is 0 Å². The van der Waals surface area contributed by atoms with Crippen molar-refractivity contribution in [2.45, 2.75) is 18.9 Å². The van der Waals surface area contributed by atoms with Gasteiger partial charge in [0.15, 0.2) is 0 Å². The molecule has 2 amide bonds. The summed E-state index contributed by atoms with van der Waals surface area (Å²) in [7, 11) is 3.09. The number of likely N-dealkylation sites (tertiary alicyclic amines) is 1. The van der Waals surface area contributed by atoms with E-state index in [0.29, 0.717) is 35.2 Å². The zero-order valence-electron chi connectivity index (χ0n) is 15.9. The summed E-state index contributed by atoms with van der Waals surface area (Å²) in [6.07, 6.45) is 2.47. The van der Waals surface area contributed by atoms with Crippen molar-refractivity contribution in [2.24, 2.45) is 0 Å². The number of carbonyl (C=O) groups excluding carboxylic acids is 2. The second-order valence-corrected chi connectivity index (χ2v) is 7.73. The van der Waals surface area contributed by atoms with Gasteiger partial charge in [0.1, 0.15) is 17.5 Å². The molecular weight excluding hydrogens is 366 g/mol. The third-order valence-corrected chi connectivity index (χ3v) is 5.98. The minimum atomic E-state index is -0.446. The summed E-state index contributed by atoms with van der Waals surface area (Å²) in [5.41, 5.74) is 0.462. The number of rotatable bonds is 7. The van der Waals surface area contributed by atoms with Gasteiger partial charge in [-0.1, -0.05) is 0 Å². The molecule has 1 N–H and O–H groups in total. The number of nitrogens with one attached hydrogen (secondary N) is 1. The van der Waals surface area contributed by atoms with Crippen molar-refractivity contribution in [3.63, 3.8) is 0 Å². The Morgan fingerprint density at radius 3 is 2.44 bits per heavy atom. The van der Waals surface area contributed by atoms with Gasteiger partial charge < -0.3 is 24.6 Å². The van der Waals surface area contributed by atoms with E-state index < -0.39 is 6.04 Å². The van der Waals surface area contributed by atoms with Gasteiger partial charge in [0.05, 0.1) is 20.1 Å². The summed E-state index contributed by atoms with van der Waals surface area (Å²) in [6, 6.07) is 4.63. The molecule has 0 bridgehead atoms. The van der Waals surface area contributed by atoms with Crippen LogP contribution in [0, 0.1) is 0 Å². The van der Waals surface area contributed by atoms with E-state index in [4.69, 9.17) is 9.47 Å². The summed E-state index contributed by atoms with van der Waals surface area (Å²) in [4.78, 5) is 29.6. The lowest BCUT2D eigenvalue weighted by Gasteiger charge is -2.24. The first-order valence-corrected chi connectivity index (χ1v) is 10.4. The second-order valence-electron chi connectivity index (χ2n) is 6.73. The zero-order valence-corrected chi connectivity index (χ0v) is 16.7. The molecule has 0 saturated carbocycles. The predicted molar refractivity (Wildman–Crippen MR) is 106 cm³/mol. The van der Waals surface area contributed by atoms with Crippen LogP contribution in [0.25, 0.3) is 0 Å². The van der Waals surface area contributed by atoms with Crippen LogP contribution in [0.4, 0.5) is 0 Å². The Morgan fingerprint density at radius 1 is 1.15 bits per heavy atom. The average Bonchev–Trinajstić information content (AvgIpc) is 3.38. The largest absolute Gasteiger partial charge is 0.497 e. The maximum Gasteiger partial charge on any atom is 0.255 e. The highest BCUT2D eigenvalue weighted by molar-refractivity contribution is 7.99. The van der Waals surface area contributed by atoms with Gasteiger partial charge in [-0.25, -0.2) is 0 Å². The minimum Gasteiger partial charge on any atom is -0.497 e. The van der Waals surface area contributed by atoms with Crippen molar-refractivity contribution >= 4 is 23.6 Å². The van der Waals surface area contributed by atoms with Crippen molar-refractivity contribution in [2.75, 3.05) is 52.0 Å². The fraction of sp³-hybridized carbons (Fsp3) is 0.579. The van der Waals surface area contributed by atoms with E-state index in [9.17, 15) is 9.59 Å². The number of hydrogen-bond acceptors (Lipinski definition) is 6. The van der Waals surface area contributed by atoms with E-state index in [0.717, 1.165) is 19.6 Å². The quantitative estimate of drug-likeness (QED) is 0.756. The molecule has 27 heavy (non-hydrogen) atoms. The van der Waals surface area contributed by atoms with Crippen LogP contribution in [0.1, 0.15) is 23.2 Å². The molecular formula is C19H27N3O4S. The lowest BCUT2D eigenvalue weighted by molar-refractivity contribution is -0.124. The van der Waals surface area contributed by atoms with Crippen LogP contribution in [0.15, 0.2) is 18.2 Å². The summed E-state index contributed by atoms with van der Waals surface area (Å²) in [5.74, 6) is 1.96. The number of ether oxygens (including phenoxy) is 2. The summed E-state index contributed by atoms with van der Waals surface area (Å²) in [5, 5.41) is 3.00. The highest BCUT2D eigenvalue weighted by Crippen LogP contribution is 2.27. The van der Waals surface area contributed by atoms with Crippen LogP contribution in [-0.4, -0.2) is 79.7 Å². The van der Waals surface area contributed by atoms with E-state index in [1.165, 1.54) is 12.8 Å². The van der Waals surface area contributed by atoms with E-state index >= 15 is 0 Å². The molecule has 1 aromatic rings. The number of thioether (sulfide) groups is 1. The topological polar surface area (TPSA) is 71.1 Å². The molecule has 0 radical (unpaired) electrons. The standard InChI is InChI=1S/C19H27N3O4S/c1-25-15-9-14(10-16(11-15)26-2)19(24)22-13-27-12-17(22)18(23)20-5-8-21-6-3-4-7-21/h9-11,17H,3-8,12-13H2,1-2H3,(H,20,23). The number of methoxy groups -OCH3 is 2. The van der Waals surface area contributed by atoms with E-state index in [2.05, 4.69) is 10.2 Å². The fourth-order valence-electron chi connectivity index (χ4n) is 3.42. The fourth-order valence-corrected chi connectivity index (χ4v) is 4.57. The Bertz CT molecular complexity index is 657. The van der Waals surface area contributed by atoms with Crippen LogP contribution in [0.5, 0.6) is 11.5 Å². The highest BCUT2D eigenvalue weighted by Gasteiger charge is 2.35. The first kappa shape index (κ1) is 19.8. The van der Waals surface area contributed by atoms with Gasteiger partial charge in [-0.05, 0) is 38.1 Å². The molecule has 2 fully saturated rings. The molecule has 1 atom stereocenters. The molecule has 2 aliphatic heterocycles. The lowest BCUT2D eigenvalue weighted by Crippen LogP contribution is -2.48. The Morgan fingerprint density at radius 2 is 1.81 bits per heavy atom. The number of amides is 2. The van der Waals surface area contributed by atoms with Crippen molar-refractivity contribution in [3.8, 4) is 11.5 Å². The van der Waals surface area contributed by atoms with Gasteiger partial charge in [0.2, 0.25) is 5.91 Å². The predicted octanol–water partition coefficient (Wildman–Crippen LogP) is 1.43. The molecule has 2 heterocycles. The molecule has 2 aliphatic rings. The van der Waals surface area contributed by atoms with Gasteiger partial charge in [-0.3, -0.25) is 9.59 Å². The zero-order chi connectivity index (χ0) is 19.2. The maximum absolute atomic E-state index is 13.0. The maximum atomic E-state index is 13.0. The lowest BCUT2D eigenvalue weighted by atomic mass is 10.1. The molecule has 8 heteroatoms. The Kier molecular flexibility index (Phi) is 6.84. The monoisotopic (exact) mass is 393 g/mol. The van der Waals surface area contributed by atoms with Crippen molar-refractivity contribution in [3.05, 3.63) is 23.8 Å². The normalized spacial score (nSPS) is 19.9. The summed E-state index contributed by atoms with van der Waals surface area (Å²) < 4.78 is 10.5. The molecule has 148 valence electrons. The second kappa shape index (κ2) is 9.32. The van der Waals surface area contributed by atoms with Crippen LogP contribution >= 0.6 is 11.8 Å². The van der Waals surface area contributed by atoms with Gasteiger partial charge in [-0.2, -0.15) is 0 Å². The first-order chi connectivity index (χ1) is 13.1. The smallest absolute Gasteiger partial charge is 0.255 e. The van der Waals surface area contributed by atoms with E-state index in [1.807, 2.05) is 0 Å². The molecule has 1 aromatic carbocycles. The van der Waals surface area contributed by atoms with Crippen LogP contribution in [-0.2, 0) is 4.79 Å². The van der Waals surface area contributed by atoms with Gasteiger partial charge >= 0.3 is 0 Å². The number of benzene rings is 1. The van der Waals surface area contributed by atoms with Gasteiger partial charge in [0.25, 0.3) is 5.91 Å². The summed E-state index contributed by atoms with van der Waals surface area (Å²) >= 11 is 1.59. The van der Waals surface area contributed by atoms with E-state index in [1.54, 1.807) is 49.1 Å². The average molecular weight is 394 g/mol. The Labute approximate surface area is 164 Å². The first-order valence-electron chi connectivity index (χ1n) is 9.24. The molecule has 7 nitrogen and oxygen atoms in total. The van der Waals surface area contributed by atoms with Crippen LogP contribution < -0.4 is 14.8 Å². The van der Waals surface area contributed by atoms with Gasteiger partial charge in [0, 0.05) is 30.5 Å². The molecule has 2 saturated heterocycles. The van der Waals surface area contributed by atoms with Crippen molar-refractivity contribution in [1.29, 1.82) is 0 Å². The Balaban J connectivity index is 1.62. The van der Waals surface area contributed by atoms with E-state index in [-0.39, 0.29) is 11.8 Å². The summed E-state index contributed by atoms with van der Waals surface area (Å²) in [6.45, 7) is 3.70. The Hall–Kier alpha value is -1.93. The molecule has 0 aliphatic carbocycles. The van der Waals surface area contributed by atoms with Crippen molar-refractivity contribution in [1.82, 2.24) is 15.1 Å². The number of nitrogens with zero attached hydrogens (tertiary/aromatic N) is 2. The molecule has 0 aromatic heterocycles. The number of carbonyl (C=O) groups is 2. The highest BCUT2D eigenvalue weighted by atomic mass is 32.2. The molecule has 1 unspecified atom stereocenters. The van der Waals surface area contributed by atoms with Crippen molar-refractivity contribution < 1.29 is 19.1 Å². The molecule has 0 spiro atoms.